The van der Waals surface area contributed by atoms with Gasteiger partial charge in [-0.25, -0.2) is 23.9 Å². The van der Waals surface area contributed by atoms with E-state index in [1.165, 1.54) is 6.07 Å². The second kappa shape index (κ2) is 6.27. The summed E-state index contributed by atoms with van der Waals surface area (Å²) in [7, 11) is 0. The summed E-state index contributed by atoms with van der Waals surface area (Å²) in [4.78, 5) is 12.8. The highest BCUT2D eigenvalue weighted by molar-refractivity contribution is 5.62. The minimum atomic E-state index is -0.269. The Morgan fingerprint density at radius 1 is 1.12 bits per heavy atom. The van der Waals surface area contributed by atoms with E-state index in [1.54, 1.807) is 42.2 Å². The van der Waals surface area contributed by atoms with Crippen molar-refractivity contribution in [1.29, 1.82) is 0 Å². The van der Waals surface area contributed by atoms with Crippen LogP contribution in [-0.2, 0) is 6.61 Å². The Morgan fingerprint density at radius 3 is 2.88 bits per heavy atom. The third kappa shape index (κ3) is 3.03. The van der Waals surface area contributed by atoms with Crippen molar-refractivity contribution in [3.63, 3.8) is 0 Å². The van der Waals surface area contributed by atoms with Crippen molar-refractivity contribution in [3.8, 4) is 17.1 Å². The molecule has 0 bridgehead atoms. The molecule has 3 heterocycles. The Kier molecular flexibility index (Phi) is 3.81. The Morgan fingerprint density at radius 2 is 2.04 bits per heavy atom. The maximum absolute atomic E-state index is 13.8. The number of aromatic nitrogens is 5. The Labute approximate surface area is 143 Å². The van der Waals surface area contributed by atoms with E-state index in [1.807, 2.05) is 18.2 Å². The van der Waals surface area contributed by atoms with E-state index in [0.717, 1.165) is 0 Å². The first-order valence-electron chi connectivity index (χ1n) is 7.71. The van der Waals surface area contributed by atoms with Crippen molar-refractivity contribution >= 4 is 5.78 Å². The summed E-state index contributed by atoms with van der Waals surface area (Å²) in [5, 5.41) is 4.48. The molecule has 0 atom stereocenters. The van der Waals surface area contributed by atoms with Crippen molar-refractivity contribution in [3.05, 3.63) is 72.1 Å². The third-order valence-corrected chi connectivity index (χ3v) is 3.79. The van der Waals surface area contributed by atoms with Gasteiger partial charge in [0.25, 0.3) is 5.78 Å². The molecule has 4 rings (SSSR count). The topological polar surface area (TPSA) is 65.2 Å². The first-order valence-corrected chi connectivity index (χ1v) is 7.71. The summed E-state index contributed by atoms with van der Waals surface area (Å²) in [6.07, 6.45) is 4.99. The average Bonchev–Trinajstić information content (AvgIpc) is 3.05. The fourth-order valence-electron chi connectivity index (χ4n) is 2.49. The maximum atomic E-state index is 13.8. The lowest BCUT2D eigenvalue weighted by Gasteiger charge is -2.05. The van der Waals surface area contributed by atoms with Crippen LogP contribution in [0.5, 0.6) is 5.88 Å². The van der Waals surface area contributed by atoms with E-state index in [4.69, 9.17) is 4.74 Å². The van der Waals surface area contributed by atoms with Crippen LogP contribution in [0.15, 0.2) is 55.0 Å². The minimum absolute atomic E-state index is 0.260. The van der Waals surface area contributed by atoms with E-state index < -0.39 is 0 Å². The average molecular weight is 335 g/mol. The molecule has 0 saturated heterocycles. The van der Waals surface area contributed by atoms with Gasteiger partial charge in [0.2, 0.25) is 5.88 Å². The lowest BCUT2D eigenvalue weighted by molar-refractivity contribution is 0.290. The molecule has 4 aromatic rings. The molecule has 0 amide bonds. The SMILES string of the molecule is Cc1c(F)cccc1-c1cnc2nc(COc3ccccn3)cn2n1. The fraction of sp³-hybridized carbons (Fsp3) is 0.111. The Bertz CT molecular complexity index is 1030. The highest BCUT2D eigenvalue weighted by atomic mass is 19.1. The van der Waals surface area contributed by atoms with Crippen molar-refractivity contribution in [2.75, 3.05) is 0 Å². The van der Waals surface area contributed by atoms with Gasteiger partial charge in [0, 0.05) is 17.8 Å². The number of halogens is 1. The number of hydrogen-bond acceptors (Lipinski definition) is 5. The molecular weight excluding hydrogens is 321 g/mol. The highest BCUT2D eigenvalue weighted by Gasteiger charge is 2.11. The largest absolute Gasteiger partial charge is 0.471 e. The zero-order valence-corrected chi connectivity index (χ0v) is 13.4. The number of rotatable bonds is 4. The smallest absolute Gasteiger partial charge is 0.251 e. The van der Waals surface area contributed by atoms with Gasteiger partial charge in [-0.05, 0) is 24.6 Å². The van der Waals surface area contributed by atoms with Crippen LogP contribution in [0.1, 0.15) is 11.3 Å². The molecule has 6 nitrogen and oxygen atoms in total. The van der Waals surface area contributed by atoms with E-state index in [-0.39, 0.29) is 12.4 Å². The minimum Gasteiger partial charge on any atom is -0.471 e. The first kappa shape index (κ1) is 15.2. The Balaban J connectivity index is 1.62. The highest BCUT2D eigenvalue weighted by Crippen LogP contribution is 2.22. The summed E-state index contributed by atoms with van der Waals surface area (Å²) < 4.78 is 20.9. The summed E-state index contributed by atoms with van der Waals surface area (Å²) in [6, 6.07) is 10.3. The van der Waals surface area contributed by atoms with Crippen molar-refractivity contribution in [2.24, 2.45) is 0 Å². The predicted molar refractivity (Wildman–Crippen MR) is 89.5 cm³/mol. The molecular formula is C18H14FN5O. The van der Waals surface area contributed by atoms with E-state index in [9.17, 15) is 4.39 Å². The first-order chi connectivity index (χ1) is 12.2. The van der Waals surface area contributed by atoms with Crippen molar-refractivity contribution in [2.45, 2.75) is 13.5 Å². The molecule has 0 aliphatic rings. The van der Waals surface area contributed by atoms with Gasteiger partial charge in [-0.3, -0.25) is 0 Å². The fourth-order valence-corrected chi connectivity index (χ4v) is 2.49. The number of nitrogens with zero attached hydrogens (tertiary/aromatic N) is 5. The number of benzene rings is 1. The number of imidazole rings is 1. The molecule has 0 aliphatic carbocycles. The lowest BCUT2D eigenvalue weighted by atomic mass is 10.1. The summed E-state index contributed by atoms with van der Waals surface area (Å²) in [5.41, 5.74) is 2.50. The van der Waals surface area contributed by atoms with Crippen molar-refractivity contribution in [1.82, 2.24) is 24.6 Å². The van der Waals surface area contributed by atoms with Crippen LogP contribution in [0.2, 0.25) is 0 Å². The number of fused-ring (bicyclic) bond motifs is 1. The zero-order valence-electron chi connectivity index (χ0n) is 13.4. The molecule has 3 aromatic heterocycles. The molecule has 25 heavy (non-hydrogen) atoms. The maximum Gasteiger partial charge on any atom is 0.251 e. The molecule has 0 N–H and O–H groups in total. The second-order valence-corrected chi connectivity index (χ2v) is 5.49. The molecule has 7 heteroatoms. The lowest BCUT2D eigenvalue weighted by Crippen LogP contribution is -1.98. The third-order valence-electron chi connectivity index (χ3n) is 3.79. The van der Waals surface area contributed by atoms with Crippen LogP contribution >= 0.6 is 0 Å². The molecule has 0 saturated carbocycles. The van der Waals surface area contributed by atoms with Crippen LogP contribution < -0.4 is 4.74 Å². The van der Waals surface area contributed by atoms with Gasteiger partial charge in [-0.1, -0.05) is 18.2 Å². The second-order valence-electron chi connectivity index (χ2n) is 5.49. The van der Waals surface area contributed by atoms with Gasteiger partial charge >= 0.3 is 0 Å². The monoisotopic (exact) mass is 335 g/mol. The normalized spacial score (nSPS) is 11.0. The Hall–Kier alpha value is -3.35. The number of hydrogen-bond donors (Lipinski definition) is 0. The molecule has 0 fully saturated rings. The van der Waals surface area contributed by atoms with Crippen molar-refractivity contribution < 1.29 is 9.13 Å². The molecule has 0 spiro atoms. The predicted octanol–water partition coefficient (Wildman–Crippen LogP) is 3.21. The van der Waals surface area contributed by atoms with Gasteiger partial charge in [-0.15, -0.1) is 0 Å². The van der Waals surface area contributed by atoms with Crippen LogP contribution in [0.3, 0.4) is 0 Å². The van der Waals surface area contributed by atoms with E-state index in [2.05, 4.69) is 20.1 Å². The van der Waals surface area contributed by atoms with Gasteiger partial charge < -0.3 is 4.74 Å². The van der Waals surface area contributed by atoms with Gasteiger partial charge in [0.05, 0.1) is 12.4 Å². The summed E-state index contributed by atoms with van der Waals surface area (Å²) in [5.74, 6) is 0.712. The zero-order chi connectivity index (χ0) is 17.2. The quantitative estimate of drug-likeness (QED) is 0.573. The standard InChI is InChI=1S/C18H14FN5O/c1-12-14(5-4-6-15(12)19)16-9-21-18-22-13(10-24(18)23-16)11-25-17-7-2-3-8-20-17/h2-10H,11H2,1H3. The van der Waals surface area contributed by atoms with Gasteiger partial charge in [0.1, 0.15) is 23.8 Å². The molecule has 1 aromatic carbocycles. The molecule has 0 aliphatic heterocycles. The van der Waals surface area contributed by atoms with E-state index >= 15 is 0 Å². The van der Waals surface area contributed by atoms with Crippen LogP contribution in [0.4, 0.5) is 4.39 Å². The van der Waals surface area contributed by atoms with Crippen LogP contribution in [-0.4, -0.2) is 24.6 Å². The number of pyridine rings is 1. The van der Waals surface area contributed by atoms with Gasteiger partial charge in [0.15, 0.2) is 0 Å². The number of ether oxygens (including phenoxy) is 1. The summed E-state index contributed by atoms with van der Waals surface area (Å²) >= 11 is 0. The van der Waals surface area contributed by atoms with Crippen LogP contribution in [0, 0.1) is 12.7 Å². The van der Waals surface area contributed by atoms with Gasteiger partial charge in [-0.2, -0.15) is 5.10 Å². The summed E-state index contributed by atoms with van der Waals surface area (Å²) in [6.45, 7) is 1.98. The molecule has 0 radical (unpaired) electrons. The van der Waals surface area contributed by atoms with E-state index in [0.29, 0.717) is 34.2 Å². The molecule has 124 valence electrons. The molecule has 0 unspecified atom stereocenters. The van der Waals surface area contributed by atoms with Crippen LogP contribution in [0.25, 0.3) is 17.0 Å².